The first-order valence-corrected chi connectivity index (χ1v) is 9.99. The second-order valence-corrected chi connectivity index (χ2v) is 6.99. The van der Waals surface area contributed by atoms with Crippen molar-refractivity contribution in [2.24, 2.45) is 0 Å². The lowest BCUT2D eigenvalue weighted by molar-refractivity contribution is -0.384. The molecule has 0 aromatic heterocycles. The van der Waals surface area contributed by atoms with Crippen LogP contribution in [0.4, 0.5) is 11.4 Å². The number of amides is 1. The van der Waals surface area contributed by atoms with Gasteiger partial charge in [0.1, 0.15) is 11.5 Å². The third-order valence-corrected chi connectivity index (χ3v) is 4.54. The zero-order chi connectivity index (χ0) is 24.7. The monoisotopic (exact) mass is 464 g/mol. The van der Waals surface area contributed by atoms with Crippen molar-refractivity contribution in [2.45, 2.75) is 13.0 Å². The molecule has 0 aliphatic carbocycles. The fourth-order valence-corrected chi connectivity index (χ4v) is 2.83. The van der Waals surface area contributed by atoms with Gasteiger partial charge in [0.05, 0.1) is 23.2 Å². The minimum atomic E-state index is -1.23. The summed E-state index contributed by atoms with van der Waals surface area (Å²) in [6.07, 6.45) is -1.23. The van der Waals surface area contributed by atoms with E-state index in [2.05, 4.69) is 10.1 Å². The summed E-state index contributed by atoms with van der Waals surface area (Å²) in [5.41, 5.74) is -0.517. The molecule has 0 aliphatic heterocycles. The van der Waals surface area contributed by atoms with Gasteiger partial charge in [0, 0.05) is 17.8 Å². The van der Waals surface area contributed by atoms with Gasteiger partial charge >= 0.3 is 11.9 Å². The van der Waals surface area contributed by atoms with Gasteiger partial charge in [-0.1, -0.05) is 18.2 Å². The molecule has 10 nitrogen and oxygen atoms in total. The Kier molecular flexibility index (Phi) is 7.55. The number of non-ortho nitro benzene ring substituents is 1. The maximum absolute atomic E-state index is 12.5. The van der Waals surface area contributed by atoms with Gasteiger partial charge in [0.25, 0.3) is 11.6 Å². The van der Waals surface area contributed by atoms with Crippen LogP contribution in [0.3, 0.4) is 0 Å². The van der Waals surface area contributed by atoms with Crippen LogP contribution in [-0.2, 0) is 14.3 Å². The second kappa shape index (κ2) is 10.7. The molecule has 0 saturated carbocycles. The number of hydrogen-bond acceptors (Lipinski definition) is 8. The molecule has 1 atom stereocenters. The number of hydrogen-bond donors (Lipinski definition) is 1. The lowest BCUT2D eigenvalue weighted by atomic mass is 10.1. The highest BCUT2D eigenvalue weighted by atomic mass is 16.6. The Morgan fingerprint density at radius 3 is 2.06 bits per heavy atom. The van der Waals surface area contributed by atoms with Crippen LogP contribution in [0, 0.1) is 10.1 Å². The van der Waals surface area contributed by atoms with Crippen molar-refractivity contribution in [3.8, 4) is 11.5 Å². The van der Waals surface area contributed by atoms with Crippen LogP contribution < -0.4 is 10.1 Å². The third kappa shape index (κ3) is 6.16. The maximum atomic E-state index is 12.5. The highest BCUT2D eigenvalue weighted by Crippen LogP contribution is 2.23. The molecule has 1 unspecified atom stereocenters. The van der Waals surface area contributed by atoms with Crippen LogP contribution in [0.1, 0.15) is 27.6 Å². The number of para-hydroxylation sites is 1. The van der Waals surface area contributed by atoms with Crippen LogP contribution in [-0.4, -0.2) is 36.0 Å². The van der Waals surface area contributed by atoms with Gasteiger partial charge < -0.3 is 19.5 Å². The zero-order valence-electron chi connectivity index (χ0n) is 18.2. The summed E-state index contributed by atoms with van der Waals surface area (Å²) in [5, 5.41) is 13.7. The van der Waals surface area contributed by atoms with Gasteiger partial charge in [0.15, 0.2) is 6.10 Å². The standard InChI is InChI=1S/C24H20N2O8/c1-15(33-24(29)17-12-16(23(28)32-2)13-19(14-17)26(30)31)22(27)25-18-8-10-21(11-9-18)34-20-6-4-3-5-7-20/h3-15H,1-2H3,(H,25,27). The highest BCUT2D eigenvalue weighted by Gasteiger charge is 2.23. The van der Waals surface area contributed by atoms with Crippen molar-refractivity contribution >= 4 is 29.2 Å². The van der Waals surface area contributed by atoms with E-state index in [0.717, 1.165) is 25.3 Å². The van der Waals surface area contributed by atoms with E-state index in [1.54, 1.807) is 36.4 Å². The van der Waals surface area contributed by atoms with Gasteiger partial charge in [-0.3, -0.25) is 14.9 Å². The number of nitro groups is 1. The number of methoxy groups -OCH3 is 1. The minimum Gasteiger partial charge on any atom is -0.465 e. The molecule has 3 rings (SSSR count). The van der Waals surface area contributed by atoms with Crippen LogP contribution in [0.5, 0.6) is 11.5 Å². The van der Waals surface area contributed by atoms with E-state index in [1.807, 2.05) is 18.2 Å². The first kappa shape index (κ1) is 23.9. The number of carbonyl (C=O) groups is 3. The van der Waals surface area contributed by atoms with Crippen LogP contribution >= 0.6 is 0 Å². The van der Waals surface area contributed by atoms with Crippen molar-refractivity contribution in [3.63, 3.8) is 0 Å². The van der Waals surface area contributed by atoms with Crippen LogP contribution in [0.2, 0.25) is 0 Å². The molecule has 0 saturated heterocycles. The van der Waals surface area contributed by atoms with Gasteiger partial charge in [-0.2, -0.15) is 0 Å². The first-order valence-electron chi connectivity index (χ1n) is 9.99. The molecule has 0 aliphatic rings. The number of carbonyl (C=O) groups excluding carboxylic acids is 3. The summed E-state index contributed by atoms with van der Waals surface area (Å²) in [6, 6.07) is 18.8. The Hall–Kier alpha value is -4.73. The molecule has 174 valence electrons. The molecule has 1 amide bonds. The summed E-state index contributed by atoms with van der Waals surface area (Å²) >= 11 is 0. The van der Waals surface area contributed by atoms with E-state index in [0.29, 0.717) is 17.2 Å². The number of anilines is 1. The average Bonchev–Trinajstić information content (AvgIpc) is 2.84. The lowest BCUT2D eigenvalue weighted by Crippen LogP contribution is -2.30. The quantitative estimate of drug-likeness (QED) is 0.295. The molecule has 1 N–H and O–H groups in total. The van der Waals surface area contributed by atoms with Crippen molar-refractivity contribution in [3.05, 3.63) is 94.0 Å². The van der Waals surface area contributed by atoms with Gasteiger partial charge in [-0.15, -0.1) is 0 Å². The molecule has 0 fully saturated rings. The third-order valence-electron chi connectivity index (χ3n) is 4.54. The summed E-state index contributed by atoms with van der Waals surface area (Å²) in [4.78, 5) is 47.0. The molecule has 3 aromatic carbocycles. The number of nitro benzene ring substituents is 1. The fourth-order valence-electron chi connectivity index (χ4n) is 2.83. The van der Waals surface area contributed by atoms with Crippen molar-refractivity contribution < 1.29 is 33.5 Å². The van der Waals surface area contributed by atoms with Crippen LogP contribution in [0.25, 0.3) is 0 Å². The van der Waals surface area contributed by atoms with E-state index >= 15 is 0 Å². The van der Waals surface area contributed by atoms with E-state index in [1.165, 1.54) is 6.92 Å². The Morgan fingerprint density at radius 1 is 0.882 bits per heavy atom. The zero-order valence-corrected chi connectivity index (χ0v) is 18.2. The number of esters is 2. The smallest absolute Gasteiger partial charge is 0.339 e. The number of benzene rings is 3. The summed E-state index contributed by atoms with van der Waals surface area (Å²) < 4.78 is 15.4. The maximum Gasteiger partial charge on any atom is 0.339 e. The van der Waals surface area contributed by atoms with Gasteiger partial charge in [0.2, 0.25) is 0 Å². The fraction of sp³-hybridized carbons (Fsp3) is 0.125. The molecular formula is C24H20N2O8. The summed E-state index contributed by atoms with van der Waals surface area (Å²) in [5.74, 6) is -1.26. The SMILES string of the molecule is COC(=O)c1cc(C(=O)OC(C)C(=O)Nc2ccc(Oc3ccccc3)cc2)cc([N+](=O)[O-])c1. The highest BCUT2D eigenvalue weighted by molar-refractivity contribution is 5.99. The molecule has 10 heteroatoms. The first-order chi connectivity index (χ1) is 16.3. The molecule has 34 heavy (non-hydrogen) atoms. The van der Waals surface area contributed by atoms with Crippen molar-refractivity contribution in [1.82, 2.24) is 0 Å². The van der Waals surface area contributed by atoms with Crippen molar-refractivity contribution in [1.29, 1.82) is 0 Å². The molecule has 0 spiro atoms. The molecular weight excluding hydrogens is 444 g/mol. The average molecular weight is 464 g/mol. The van der Waals surface area contributed by atoms with E-state index < -0.39 is 34.6 Å². The Morgan fingerprint density at radius 2 is 1.47 bits per heavy atom. The predicted octanol–water partition coefficient (Wildman–Crippen LogP) is 4.36. The molecule has 0 bridgehead atoms. The lowest BCUT2D eigenvalue weighted by Gasteiger charge is -2.14. The predicted molar refractivity (Wildman–Crippen MR) is 121 cm³/mol. The number of ether oxygens (including phenoxy) is 3. The Labute approximate surface area is 194 Å². The van der Waals surface area contributed by atoms with E-state index in [9.17, 15) is 24.5 Å². The van der Waals surface area contributed by atoms with E-state index in [4.69, 9.17) is 9.47 Å². The largest absolute Gasteiger partial charge is 0.465 e. The second-order valence-electron chi connectivity index (χ2n) is 6.99. The summed E-state index contributed by atoms with van der Waals surface area (Å²) in [6.45, 7) is 1.35. The van der Waals surface area contributed by atoms with Gasteiger partial charge in [-0.05, 0) is 49.4 Å². The topological polar surface area (TPSA) is 134 Å². The van der Waals surface area contributed by atoms with E-state index in [-0.39, 0.29) is 11.1 Å². The normalized spacial score (nSPS) is 11.1. The van der Waals surface area contributed by atoms with Crippen molar-refractivity contribution in [2.75, 3.05) is 12.4 Å². The molecule has 0 heterocycles. The Balaban J connectivity index is 1.64. The van der Waals surface area contributed by atoms with Gasteiger partial charge in [-0.25, -0.2) is 9.59 Å². The number of nitrogens with zero attached hydrogens (tertiary/aromatic N) is 1. The Bertz CT molecular complexity index is 1210. The molecule has 0 radical (unpaired) electrons. The minimum absolute atomic E-state index is 0.196. The number of nitrogens with one attached hydrogen (secondary N) is 1. The number of rotatable bonds is 8. The van der Waals surface area contributed by atoms with Crippen LogP contribution in [0.15, 0.2) is 72.8 Å². The summed E-state index contributed by atoms with van der Waals surface area (Å²) in [7, 11) is 1.10. The molecule has 3 aromatic rings.